The quantitative estimate of drug-likeness (QED) is 0.875. The topological polar surface area (TPSA) is 63.5 Å². The predicted molar refractivity (Wildman–Crippen MR) is 85.6 cm³/mol. The van der Waals surface area contributed by atoms with Gasteiger partial charge in [-0.2, -0.15) is 0 Å². The normalized spacial score (nSPS) is 22.8. The highest BCUT2D eigenvalue weighted by molar-refractivity contribution is 7.91. The number of thiazole rings is 1. The van der Waals surface area contributed by atoms with Crippen molar-refractivity contribution in [2.24, 2.45) is 11.8 Å². The molecule has 1 saturated heterocycles. The minimum absolute atomic E-state index is 0.258. The van der Waals surface area contributed by atoms with Crippen molar-refractivity contribution >= 4 is 26.1 Å². The SMILES string of the molecule is CCNCC(Cc1cn2ccsc2n1)C1CCS(=O)(=O)C1. The number of sulfone groups is 1. The van der Waals surface area contributed by atoms with Crippen LogP contribution in [0.1, 0.15) is 19.0 Å². The van der Waals surface area contributed by atoms with Crippen LogP contribution < -0.4 is 5.32 Å². The number of aromatic nitrogens is 2. The number of fused-ring (bicyclic) bond motifs is 1. The van der Waals surface area contributed by atoms with Crippen molar-refractivity contribution in [2.75, 3.05) is 24.6 Å². The molecule has 0 amide bonds. The van der Waals surface area contributed by atoms with Gasteiger partial charge in [0, 0.05) is 17.8 Å². The molecule has 1 aliphatic rings. The van der Waals surface area contributed by atoms with E-state index in [9.17, 15) is 8.42 Å². The molecule has 0 radical (unpaired) electrons. The Balaban J connectivity index is 1.74. The number of imidazole rings is 1. The summed E-state index contributed by atoms with van der Waals surface area (Å²) in [7, 11) is -2.82. The molecule has 2 aromatic rings. The molecule has 0 aromatic carbocycles. The average molecular weight is 327 g/mol. The fraction of sp³-hybridized carbons (Fsp3) is 0.643. The molecule has 21 heavy (non-hydrogen) atoms. The van der Waals surface area contributed by atoms with E-state index in [1.54, 1.807) is 11.3 Å². The first-order chi connectivity index (χ1) is 10.1. The van der Waals surface area contributed by atoms with Gasteiger partial charge in [0.2, 0.25) is 0 Å². The summed E-state index contributed by atoms with van der Waals surface area (Å²) in [4.78, 5) is 5.64. The van der Waals surface area contributed by atoms with Crippen LogP contribution in [0, 0.1) is 11.8 Å². The highest BCUT2D eigenvalue weighted by Gasteiger charge is 2.33. The average Bonchev–Trinajstić information content (AvgIpc) is 3.08. The lowest BCUT2D eigenvalue weighted by atomic mass is 9.88. The molecular formula is C14H21N3O2S2. The van der Waals surface area contributed by atoms with Crippen LogP contribution in [-0.4, -0.2) is 42.4 Å². The second-order valence-corrected chi connectivity index (χ2v) is 8.86. The standard InChI is InChI=1S/C14H21N3O2S2/c1-2-15-8-12(11-3-6-21(18,19)10-11)7-13-9-17-4-5-20-14(17)16-13/h4-5,9,11-12,15H,2-3,6-8,10H2,1H3. The zero-order valence-electron chi connectivity index (χ0n) is 12.2. The van der Waals surface area contributed by atoms with E-state index in [4.69, 9.17) is 0 Å². The lowest BCUT2D eigenvalue weighted by Crippen LogP contribution is -2.30. The molecule has 2 atom stereocenters. The molecule has 1 aliphatic heterocycles. The third-order valence-corrected chi connectivity index (χ3v) is 6.77. The summed E-state index contributed by atoms with van der Waals surface area (Å²) >= 11 is 1.63. The molecule has 1 fully saturated rings. The number of hydrogen-bond donors (Lipinski definition) is 1. The van der Waals surface area contributed by atoms with Gasteiger partial charge in [0.1, 0.15) is 0 Å². The molecule has 2 aromatic heterocycles. The summed E-state index contributed by atoms with van der Waals surface area (Å²) in [5.41, 5.74) is 1.06. The first-order valence-corrected chi connectivity index (χ1v) is 10.1. The van der Waals surface area contributed by atoms with E-state index in [-0.39, 0.29) is 5.92 Å². The summed E-state index contributed by atoms with van der Waals surface area (Å²) in [5.74, 6) is 1.28. The van der Waals surface area contributed by atoms with E-state index in [1.807, 2.05) is 16.0 Å². The van der Waals surface area contributed by atoms with Gasteiger partial charge in [-0.15, -0.1) is 11.3 Å². The first-order valence-electron chi connectivity index (χ1n) is 7.39. The Hall–Kier alpha value is -0.920. The van der Waals surface area contributed by atoms with E-state index in [0.717, 1.165) is 36.6 Å². The van der Waals surface area contributed by atoms with Crippen LogP contribution >= 0.6 is 11.3 Å². The van der Waals surface area contributed by atoms with Gasteiger partial charge in [0.25, 0.3) is 0 Å². The smallest absolute Gasteiger partial charge is 0.193 e. The molecule has 0 aliphatic carbocycles. The van der Waals surface area contributed by atoms with Gasteiger partial charge in [-0.3, -0.25) is 4.40 Å². The van der Waals surface area contributed by atoms with Crippen molar-refractivity contribution in [1.29, 1.82) is 0 Å². The lowest BCUT2D eigenvalue weighted by Gasteiger charge is -2.22. The van der Waals surface area contributed by atoms with E-state index in [2.05, 4.69) is 23.4 Å². The van der Waals surface area contributed by atoms with Crippen LogP contribution in [0.25, 0.3) is 4.96 Å². The van der Waals surface area contributed by atoms with Gasteiger partial charge in [-0.1, -0.05) is 6.92 Å². The Bertz CT molecular complexity index is 676. The molecular weight excluding hydrogens is 306 g/mol. The largest absolute Gasteiger partial charge is 0.317 e. The van der Waals surface area contributed by atoms with Crippen molar-refractivity contribution in [1.82, 2.24) is 14.7 Å². The molecule has 116 valence electrons. The summed E-state index contributed by atoms with van der Waals surface area (Å²) < 4.78 is 25.5. The van der Waals surface area contributed by atoms with Crippen molar-refractivity contribution in [2.45, 2.75) is 19.8 Å². The second-order valence-electron chi connectivity index (χ2n) is 5.76. The van der Waals surface area contributed by atoms with E-state index in [1.165, 1.54) is 0 Å². The van der Waals surface area contributed by atoms with Crippen LogP contribution in [0.5, 0.6) is 0 Å². The summed E-state index contributed by atoms with van der Waals surface area (Å²) in [6.07, 6.45) is 5.71. The van der Waals surface area contributed by atoms with Crippen LogP contribution in [0.3, 0.4) is 0 Å². The zero-order chi connectivity index (χ0) is 14.9. The molecule has 3 heterocycles. The maximum atomic E-state index is 11.7. The molecule has 3 rings (SSSR count). The Morgan fingerprint density at radius 3 is 3.10 bits per heavy atom. The number of rotatable bonds is 6. The lowest BCUT2D eigenvalue weighted by molar-refractivity contribution is 0.344. The summed E-state index contributed by atoms with van der Waals surface area (Å²) in [6.45, 7) is 3.85. The van der Waals surface area contributed by atoms with Gasteiger partial charge in [0.05, 0.1) is 17.2 Å². The third kappa shape index (κ3) is 3.46. The minimum atomic E-state index is -2.82. The van der Waals surface area contributed by atoms with Crippen molar-refractivity contribution in [3.8, 4) is 0 Å². The molecule has 0 spiro atoms. The van der Waals surface area contributed by atoms with Gasteiger partial charge in [-0.25, -0.2) is 13.4 Å². The molecule has 0 bridgehead atoms. The third-order valence-electron chi connectivity index (χ3n) is 4.21. The molecule has 5 nitrogen and oxygen atoms in total. The number of hydrogen-bond acceptors (Lipinski definition) is 5. The fourth-order valence-corrected chi connectivity index (χ4v) is 5.71. The Kier molecular flexibility index (Phi) is 4.33. The summed E-state index contributed by atoms with van der Waals surface area (Å²) in [6, 6.07) is 0. The maximum Gasteiger partial charge on any atom is 0.193 e. The fourth-order valence-electron chi connectivity index (χ4n) is 3.07. The van der Waals surface area contributed by atoms with Crippen LogP contribution in [0.4, 0.5) is 0 Å². The Labute approximate surface area is 129 Å². The van der Waals surface area contributed by atoms with Crippen LogP contribution in [-0.2, 0) is 16.3 Å². The van der Waals surface area contributed by atoms with Gasteiger partial charge in [-0.05, 0) is 37.8 Å². The van der Waals surface area contributed by atoms with Crippen LogP contribution in [0.15, 0.2) is 17.8 Å². The number of nitrogens with zero attached hydrogens (tertiary/aromatic N) is 2. The van der Waals surface area contributed by atoms with Crippen molar-refractivity contribution < 1.29 is 8.42 Å². The van der Waals surface area contributed by atoms with Gasteiger partial charge >= 0.3 is 0 Å². The molecule has 7 heteroatoms. The highest BCUT2D eigenvalue weighted by Crippen LogP contribution is 2.28. The highest BCUT2D eigenvalue weighted by atomic mass is 32.2. The molecule has 2 unspecified atom stereocenters. The monoisotopic (exact) mass is 327 g/mol. The molecule has 1 N–H and O–H groups in total. The van der Waals surface area contributed by atoms with Gasteiger partial charge < -0.3 is 5.32 Å². The second kappa shape index (κ2) is 6.06. The first kappa shape index (κ1) is 15.0. The van der Waals surface area contributed by atoms with Crippen LogP contribution in [0.2, 0.25) is 0 Å². The van der Waals surface area contributed by atoms with E-state index >= 15 is 0 Å². The Morgan fingerprint density at radius 2 is 2.43 bits per heavy atom. The van der Waals surface area contributed by atoms with E-state index < -0.39 is 9.84 Å². The number of nitrogens with one attached hydrogen (secondary N) is 1. The van der Waals surface area contributed by atoms with E-state index in [0.29, 0.717) is 17.4 Å². The Morgan fingerprint density at radius 1 is 1.57 bits per heavy atom. The molecule has 0 saturated carbocycles. The zero-order valence-corrected chi connectivity index (χ0v) is 13.8. The van der Waals surface area contributed by atoms with Gasteiger partial charge in [0.15, 0.2) is 14.8 Å². The summed E-state index contributed by atoms with van der Waals surface area (Å²) in [5, 5.41) is 5.39. The van der Waals surface area contributed by atoms with Crippen molar-refractivity contribution in [3.05, 3.63) is 23.5 Å². The van der Waals surface area contributed by atoms with Crippen molar-refractivity contribution in [3.63, 3.8) is 0 Å². The minimum Gasteiger partial charge on any atom is -0.317 e. The predicted octanol–water partition coefficient (Wildman–Crippen LogP) is 1.60. The maximum absolute atomic E-state index is 11.7.